The van der Waals surface area contributed by atoms with Crippen molar-refractivity contribution in [2.45, 2.75) is 0 Å². The zero-order valence-electron chi connectivity index (χ0n) is 13.1. The quantitative estimate of drug-likeness (QED) is 0.788. The van der Waals surface area contributed by atoms with Crippen LogP contribution in [0.25, 0.3) is 11.0 Å². The van der Waals surface area contributed by atoms with Crippen molar-refractivity contribution in [2.75, 3.05) is 31.1 Å². The summed E-state index contributed by atoms with van der Waals surface area (Å²) in [5.74, 6) is -0.244. The van der Waals surface area contributed by atoms with Gasteiger partial charge in [0, 0.05) is 38.1 Å². The first kappa shape index (κ1) is 14.7. The molecule has 1 aliphatic rings. The lowest BCUT2D eigenvalue weighted by atomic mass is 10.2. The molecular weight excluding hydrogens is 307 g/mol. The van der Waals surface area contributed by atoms with Gasteiger partial charge in [-0.05, 0) is 42.5 Å². The second-order valence-corrected chi connectivity index (χ2v) is 5.87. The molecule has 1 aromatic carbocycles. The molecule has 3 heterocycles. The average molecular weight is 324 g/mol. The van der Waals surface area contributed by atoms with Gasteiger partial charge in [-0.15, -0.1) is 0 Å². The molecule has 0 radical (unpaired) electrons. The minimum absolute atomic E-state index is 0.00763. The van der Waals surface area contributed by atoms with Crippen LogP contribution in [0, 0.1) is 5.82 Å². The number of anilines is 1. The average Bonchev–Trinajstić information content (AvgIpc) is 3.06. The number of nitrogens with one attached hydrogen (secondary N) is 1. The normalized spacial score (nSPS) is 15.0. The van der Waals surface area contributed by atoms with Crippen molar-refractivity contribution in [2.24, 2.45) is 0 Å². The summed E-state index contributed by atoms with van der Waals surface area (Å²) in [5.41, 5.74) is 3.22. The van der Waals surface area contributed by atoms with Gasteiger partial charge in [0.05, 0.1) is 11.0 Å². The number of halogens is 1. The Morgan fingerprint density at radius 3 is 2.54 bits per heavy atom. The van der Waals surface area contributed by atoms with Crippen molar-refractivity contribution in [1.29, 1.82) is 0 Å². The lowest BCUT2D eigenvalue weighted by Gasteiger charge is -2.36. The van der Waals surface area contributed by atoms with E-state index in [1.54, 1.807) is 24.4 Å². The summed E-state index contributed by atoms with van der Waals surface area (Å²) in [7, 11) is 0. The van der Waals surface area contributed by atoms with Gasteiger partial charge in [0.1, 0.15) is 11.5 Å². The Labute approximate surface area is 138 Å². The second-order valence-electron chi connectivity index (χ2n) is 5.87. The van der Waals surface area contributed by atoms with E-state index in [4.69, 9.17) is 0 Å². The smallest absolute Gasteiger partial charge is 0.270 e. The summed E-state index contributed by atoms with van der Waals surface area (Å²) >= 11 is 0. The topological polar surface area (TPSA) is 52.2 Å². The van der Waals surface area contributed by atoms with Gasteiger partial charge in [-0.1, -0.05) is 0 Å². The fourth-order valence-corrected chi connectivity index (χ4v) is 3.06. The number of aromatic nitrogens is 2. The maximum Gasteiger partial charge on any atom is 0.270 e. The van der Waals surface area contributed by atoms with Gasteiger partial charge in [-0.3, -0.25) is 9.78 Å². The maximum absolute atomic E-state index is 13.0. The van der Waals surface area contributed by atoms with E-state index in [2.05, 4.69) is 14.9 Å². The highest BCUT2D eigenvalue weighted by Crippen LogP contribution is 2.19. The van der Waals surface area contributed by atoms with E-state index >= 15 is 0 Å². The molecule has 24 heavy (non-hydrogen) atoms. The Morgan fingerprint density at radius 1 is 1.08 bits per heavy atom. The predicted molar refractivity (Wildman–Crippen MR) is 90.6 cm³/mol. The number of aromatic amines is 1. The number of pyridine rings is 1. The predicted octanol–water partition coefficient (Wildman–Crippen LogP) is 2.66. The second kappa shape index (κ2) is 5.96. The van der Waals surface area contributed by atoms with Crippen LogP contribution in [0.2, 0.25) is 0 Å². The van der Waals surface area contributed by atoms with E-state index in [1.807, 2.05) is 17.0 Å². The summed E-state index contributed by atoms with van der Waals surface area (Å²) in [6.07, 6.45) is 1.71. The zero-order chi connectivity index (χ0) is 16.5. The highest BCUT2D eigenvalue weighted by molar-refractivity contribution is 5.97. The Balaban J connectivity index is 1.45. The molecule has 1 N–H and O–H groups in total. The molecule has 6 heteroatoms. The summed E-state index contributed by atoms with van der Waals surface area (Å²) in [5, 5.41) is 0. The molecule has 2 aromatic heterocycles. The van der Waals surface area contributed by atoms with Crippen LogP contribution in [0.1, 0.15) is 10.5 Å². The molecule has 4 rings (SSSR count). The number of carbonyl (C=O) groups excluding carboxylic acids is 1. The van der Waals surface area contributed by atoms with Crippen molar-refractivity contribution in [3.05, 3.63) is 60.2 Å². The van der Waals surface area contributed by atoms with Crippen LogP contribution in [0.15, 0.2) is 48.7 Å². The molecule has 122 valence electrons. The van der Waals surface area contributed by atoms with Crippen molar-refractivity contribution in [3.63, 3.8) is 0 Å². The number of hydrogen-bond donors (Lipinski definition) is 1. The van der Waals surface area contributed by atoms with Crippen LogP contribution in [0.3, 0.4) is 0 Å². The largest absolute Gasteiger partial charge is 0.368 e. The number of carbonyl (C=O) groups is 1. The van der Waals surface area contributed by atoms with Gasteiger partial charge < -0.3 is 14.8 Å². The summed E-state index contributed by atoms with van der Waals surface area (Å²) in [4.78, 5) is 24.0. The van der Waals surface area contributed by atoms with E-state index in [1.165, 1.54) is 12.1 Å². The first-order chi connectivity index (χ1) is 11.7. The number of fused-ring (bicyclic) bond motifs is 1. The SMILES string of the molecule is O=C(c1cc2ncccc2[nH]1)N1CCN(c2ccc(F)cc2)CC1. The molecule has 0 bridgehead atoms. The number of nitrogens with zero attached hydrogens (tertiary/aromatic N) is 3. The third-order valence-electron chi connectivity index (χ3n) is 4.38. The number of rotatable bonds is 2. The van der Waals surface area contributed by atoms with Gasteiger partial charge in [-0.2, -0.15) is 0 Å². The molecular formula is C18H17FN4O. The molecule has 0 spiro atoms. The van der Waals surface area contributed by atoms with Crippen molar-refractivity contribution >= 4 is 22.6 Å². The van der Waals surface area contributed by atoms with E-state index in [-0.39, 0.29) is 11.7 Å². The van der Waals surface area contributed by atoms with Crippen LogP contribution in [-0.2, 0) is 0 Å². The number of piperazine rings is 1. The van der Waals surface area contributed by atoms with E-state index in [0.29, 0.717) is 18.8 Å². The standard InChI is InChI=1S/C18H17FN4O/c19-13-3-5-14(6-4-13)22-8-10-23(11-9-22)18(24)17-12-16-15(21-17)2-1-7-20-16/h1-7,12,21H,8-11H2. The van der Waals surface area contributed by atoms with E-state index in [9.17, 15) is 9.18 Å². The first-order valence-electron chi connectivity index (χ1n) is 7.94. The molecule has 0 saturated carbocycles. The maximum atomic E-state index is 13.0. The van der Waals surface area contributed by atoms with Gasteiger partial charge in [0.2, 0.25) is 0 Å². The Kier molecular flexibility index (Phi) is 3.65. The van der Waals surface area contributed by atoms with Gasteiger partial charge in [0.25, 0.3) is 5.91 Å². The van der Waals surface area contributed by atoms with E-state index in [0.717, 1.165) is 29.8 Å². The molecule has 1 amide bonds. The molecule has 3 aromatic rings. The minimum Gasteiger partial charge on any atom is -0.368 e. The van der Waals surface area contributed by atoms with Crippen molar-refractivity contribution in [1.82, 2.24) is 14.9 Å². The van der Waals surface area contributed by atoms with Crippen LogP contribution in [0.4, 0.5) is 10.1 Å². The first-order valence-corrected chi connectivity index (χ1v) is 7.94. The molecule has 0 unspecified atom stereocenters. The Bertz CT molecular complexity index is 833. The number of benzene rings is 1. The van der Waals surface area contributed by atoms with Crippen LogP contribution < -0.4 is 4.90 Å². The molecule has 0 aliphatic carbocycles. The number of hydrogen-bond acceptors (Lipinski definition) is 3. The number of H-pyrrole nitrogens is 1. The summed E-state index contributed by atoms with van der Waals surface area (Å²) < 4.78 is 13.0. The van der Waals surface area contributed by atoms with Crippen molar-refractivity contribution < 1.29 is 9.18 Å². The van der Waals surface area contributed by atoms with Gasteiger partial charge in [0.15, 0.2) is 0 Å². The lowest BCUT2D eigenvalue weighted by molar-refractivity contribution is 0.0742. The van der Waals surface area contributed by atoms with Crippen LogP contribution >= 0.6 is 0 Å². The third kappa shape index (κ3) is 2.71. The number of amides is 1. The Hall–Kier alpha value is -2.89. The highest BCUT2D eigenvalue weighted by Gasteiger charge is 2.23. The highest BCUT2D eigenvalue weighted by atomic mass is 19.1. The monoisotopic (exact) mass is 324 g/mol. The third-order valence-corrected chi connectivity index (χ3v) is 4.38. The summed E-state index contributed by atoms with van der Waals surface area (Å²) in [6, 6.07) is 12.0. The lowest BCUT2D eigenvalue weighted by Crippen LogP contribution is -2.48. The molecule has 1 fully saturated rings. The van der Waals surface area contributed by atoms with Gasteiger partial charge in [-0.25, -0.2) is 4.39 Å². The molecule has 5 nitrogen and oxygen atoms in total. The van der Waals surface area contributed by atoms with Crippen molar-refractivity contribution in [3.8, 4) is 0 Å². The van der Waals surface area contributed by atoms with Crippen LogP contribution in [0.5, 0.6) is 0 Å². The fourth-order valence-electron chi connectivity index (χ4n) is 3.06. The zero-order valence-corrected chi connectivity index (χ0v) is 13.1. The molecule has 1 aliphatic heterocycles. The molecule has 0 atom stereocenters. The minimum atomic E-state index is -0.236. The summed E-state index contributed by atoms with van der Waals surface area (Å²) in [6.45, 7) is 2.74. The Morgan fingerprint density at radius 2 is 1.83 bits per heavy atom. The van der Waals surface area contributed by atoms with Crippen LogP contribution in [-0.4, -0.2) is 47.0 Å². The van der Waals surface area contributed by atoms with E-state index < -0.39 is 0 Å². The molecule has 1 saturated heterocycles. The fraction of sp³-hybridized carbons (Fsp3) is 0.222. The van der Waals surface area contributed by atoms with Gasteiger partial charge >= 0.3 is 0 Å².